The number of amides is 1. The highest BCUT2D eigenvalue weighted by atomic mass is 35.5. The first kappa shape index (κ1) is 16.2. The number of rotatable bonds is 3. The molecule has 0 aromatic carbocycles. The van der Waals surface area contributed by atoms with Crippen molar-refractivity contribution in [1.29, 1.82) is 0 Å². The molecule has 1 aromatic heterocycles. The Hall–Kier alpha value is -1.18. The standard InChI is InChI=1S/C13H18ClN3O3S/c1-8(2)11-13(18)15-4-5-17(11)21(19,20)10-6-9(3)12(14)16-7-10/h6-8,11H,4-5H2,1-3H3,(H,15,18). The Morgan fingerprint density at radius 3 is 2.71 bits per heavy atom. The average Bonchev–Trinajstić information content (AvgIpc) is 2.41. The Morgan fingerprint density at radius 2 is 2.14 bits per heavy atom. The SMILES string of the molecule is Cc1cc(S(=O)(=O)N2CCNC(=O)C2C(C)C)cnc1Cl. The van der Waals surface area contributed by atoms with Gasteiger partial charge in [0.2, 0.25) is 15.9 Å². The molecule has 0 radical (unpaired) electrons. The van der Waals surface area contributed by atoms with E-state index in [4.69, 9.17) is 11.6 Å². The molecule has 116 valence electrons. The van der Waals surface area contributed by atoms with Gasteiger partial charge in [-0.2, -0.15) is 4.31 Å². The maximum atomic E-state index is 12.8. The summed E-state index contributed by atoms with van der Waals surface area (Å²) in [6, 6.07) is 0.772. The Kier molecular flexibility index (Phi) is 4.55. The summed E-state index contributed by atoms with van der Waals surface area (Å²) < 4.78 is 26.8. The van der Waals surface area contributed by atoms with Crippen LogP contribution in [0, 0.1) is 12.8 Å². The molecule has 1 aromatic rings. The minimum Gasteiger partial charge on any atom is -0.353 e. The molecule has 1 N–H and O–H groups in total. The van der Waals surface area contributed by atoms with Crippen molar-refractivity contribution in [2.75, 3.05) is 13.1 Å². The number of carbonyl (C=O) groups excluding carboxylic acids is 1. The van der Waals surface area contributed by atoms with Crippen LogP contribution < -0.4 is 5.32 Å². The number of hydrogen-bond donors (Lipinski definition) is 1. The van der Waals surface area contributed by atoms with Crippen LogP contribution in [0.25, 0.3) is 0 Å². The van der Waals surface area contributed by atoms with Gasteiger partial charge in [0.05, 0.1) is 0 Å². The number of carbonyl (C=O) groups is 1. The molecule has 0 aliphatic carbocycles. The normalized spacial score (nSPS) is 20.6. The van der Waals surface area contributed by atoms with Crippen LogP contribution >= 0.6 is 11.6 Å². The molecule has 2 rings (SSSR count). The Labute approximate surface area is 129 Å². The smallest absolute Gasteiger partial charge is 0.245 e. The molecule has 1 aliphatic heterocycles. The first-order valence-corrected chi connectivity index (χ1v) is 8.48. The van der Waals surface area contributed by atoms with E-state index in [2.05, 4.69) is 10.3 Å². The molecule has 0 bridgehead atoms. The van der Waals surface area contributed by atoms with Crippen LogP contribution in [0.3, 0.4) is 0 Å². The molecule has 1 aliphatic rings. The second-order valence-corrected chi connectivity index (χ2v) is 7.62. The van der Waals surface area contributed by atoms with Gasteiger partial charge < -0.3 is 5.32 Å². The summed E-state index contributed by atoms with van der Waals surface area (Å²) in [5.74, 6) is -0.389. The molecule has 2 heterocycles. The number of pyridine rings is 1. The second kappa shape index (κ2) is 5.90. The lowest BCUT2D eigenvalue weighted by Gasteiger charge is -2.36. The van der Waals surface area contributed by atoms with Gasteiger partial charge in [-0.1, -0.05) is 25.4 Å². The van der Waals surface area contributed by atoms with Gasteiger partial charge in [-0.3, -0.25) is 4.79 Å². The number of nitrogens with zero attached hydrogens (tertiary/aromatic N) is 2. The average molecular weight is 332 g/mol. The molecular weight excluding hydrogens is 314 g/mol. The van der Waals surface area contributed by atoms with Gasteiger partial charge in [0.15, 0.2) is 0 Å². The monoisotopic (exact) mass is 331 g/mol. The van der Waals surface area contributed by atoms with E-state index in [0.29, 0.717) is 12.1 Å². The lowest BCUT2D eigenvalue weighted by molar-refractivity contribution is -0.128. The van der Waals surface area contributed by atoms with Gasteiger partial charge in [0.25, 0.3) is 0 Å². The maximum absolute atomic E-state index is 12.8. The summed E-state index contributed by atoms with van der Waals surface area (Å²) in [6.45, 7) is 5.89. The highest BCUT2D eigenvalue weighted by molar-refractivity contribution is 7.89. The molecule has 1 amide bonds. The third kappa shape index (κ3) is 3.04. The second-order valence-electron chi connectivity index (χ2n) is 5.37. The first-order valence-electron chi connectivity index (χ1n) is 6.67. The fourth-order valence-corrected chi connectivity index (χ4v) is 4.23. The number of piperazine rings is 1. The number of aromatic nitrogens is 1. The molecular formula is C13H18ClN3O3S. The summed E-state index contributed by atoms with van der Waals surface area (Å²) in [5, 5.41) is 2.97. The molecule has 0 saturated carbocycles. The number of aryl methyl sites for hydroxylation is 1. The van der Waals surface area contributed by atoms with Crippen molar-refractivity contribution in [3.8, 4) is 0 Å². The third-order valence-electron chi connectivity index (χ3n) is 3.44. The zero-order valence-corrected chi connectivity index (χ0v) is 13.7. The lowest BCUT2D eigenvalue weighted by Crippen LogP contribution is -2.59. The number of hydrogen-bond acceptors (Lipinski definition) is 4. The summed E-state index contributed by atoms with van der Waals surface area (Å²) in [7, 11) is -3.78. The first-order chi connectivity index (χ1) is 9.75. The van der Waals surface area contributed by atoms with E-state index in [0.717, 1.165) is 0 Å². The number of sulfonamides is 1. The lowest BCUT2D eigenvalue weighted by atomic mass is 10.0. The zero-order valence-electron chi connectivity index (χ0n) is 12.1. The summed E-state index contributed by atoms with van der Waals surface area (Å²) >= 11 is 5.84. The largest absolute Gasteiger partial charge is 0.353 e. The van der Waals surface area contributed by atoms with E-state index in [9.17, 15) is 13.2 Å². The van der Waals surface area contributed by atoms with Gasteiger partial charge in [-0.25, -0.2) is 13.4 Å². The van der Waals surface area contributed by atoms with Gasteiger partial charge >= 0.3 is 0 Å². The summed E-state index contributed by atoms with van der Waals surface area (Å²) in [6.07, 6.45) is 1.23. The van der Waals surface area contributed by atoms with Crippen molar-refractivity contribution in [2.24, 2.45) is 5.92 Å². The van der Waals surface area contributed by atoms with Crippen LogP contribution in [0.2, 0.25) is 5.15 Å². The molecule has 0 spiro atoms. The minimum absolute atomic E-state index is 0.0600. The third-order valence-corrected chi connectivity index (χ3v) is 5.68. The van der Waals surface area contributed by atoms with E-state index >= 15 is 0 Å². The van der Waals surface area contributed by atoms with Crippen molar-refractivity contribution in [3.05, 3.63) is 23.0 Å². The predicted molar refractivity (Wildman–Crippen MR) is 79.5 cm³/mol. The van der Waals surface area contributed by atoms with Crippen molar-refractivity contribution in [1.82, 2.24) is 14.6 Å². The quantitative estimate of drug-likeness (QED) is 0.844. The molecule has 8 heteroatoms. The number of nitrogens with one attached hydrogen (secondary N) is 1. The minimum atomic E-state index is -3.78. The highest BCUT2D eigenvalue weighted by Crippen LogP contribution is 2.25. The maximum Gasteiger partial charge on any atom is 0.245 e. The topological polar surface area (TPSA) is 79.4 Å². The van der Waals surface area contributed by atoms with Crippen LogP contribution in [0.1, 0.15) is 19.4 Å². The fourth-order valence-electron chi connectivity index (χ4n) is 2.38. The van der Waals surface area contributed by atoms with Crippen LogP contribution in [0.5, 0.6) is 0 Å². The summed E-state index contributed by atoms with van der Waals surface area (Å²) in [4.78, 5) is 15.9. The van der Waals surface area contributed by atoms with Crippen LogP contribution in [-0.2, 0) is 14.8 Å². The Bertz CT molecular complexity index is 661. The van der Waals surface area contributed by atoms with Crippen molar-refractivity contribution >= 4 is 27.5 Å². The van der Waals surface area contributed by atoms with Gasteiger partial charge in [-0.15, -0.1) is 0 Å². The van der Waals surface area contributed by atoms with E-state index in [-0.39, 0.29) is 28.4 Å². The van der Waals surface area contributed by atoms with E-state index < -0.39 is 16.1 Å². The number of halogens is 1. The van der Waals surface area contributed by atoms with Crippen molar-refractivity contribution in [3.63, 3.8) is 0 Å². The summed E-state index contributed by atoms with van der Waals surface area (Å²) in [5.41, 5.74) is 0.584. The molecule has 21 heavy (non-hydrogen) atoms. The molecule has 1 unspecified atom stereocenters. The molecule has 1 fully saturated rings. The van der Waals surface area contributed by atoms with Gasteiger partial charge in [0, 0.05) is 19.3 Å². The van der Waals surface area contributed by atoms with Gasteiger partial charge in [0.1, 0.15) is 16.1 Å². The van der Waals surface area contributed by atoms with Crippen molar-refractivity contribution in [2.45, 2.75) is 31.7 Å². The molecule has 6 nitrogen and oxygen atoms in total. The van der Waals surface area contributed by atoms with Gasteiger partial charge in [-0.05, 0) is 24.5 Å². The van der Waals surface area contributed by atoms with Crippen LogP contribution in [-0.4, -0.2) is 42.7 Å². The highest BCUT2D eigenvalue weighted by Gasteiger charge is 2.40. The fraction of sp³-hybridized carbons (Fsp3) is 0.538. The van der Waals surface area contributed by atoms with E-state index in [1.165, 1.54) is 16.6 Å². The Morgan fingerprint density at radius 1 is 1.48 bits per heavy atom. The molecule has 1 atom stereocenters. The Balaban J connectivity index is 2.45. The van der Waals surface area contributed by atoms with Crippen LogP contribution in [0.4, 0.5) is 0 Å². The van der Waals surface area contributed by atoms with Crippen molar-refractivity contribution < 1.29 is 13.2 Å². The predicted octanol–water partition coefficient (Wildman–Crippen LogP) is 1.19. The van der Waals surface area contributed by atoms with E-state index in [1.807, 2.05) is 13.8 Å². The van der Waals surface area contributed by atoms with Crippen LogP contribution in [0.15, 0.2) is 17.2 Å². The zero-order chi connectivity index (χ0) is 15.8. The molecule has 1 saturated heterocycles. The van der Waals surface area contributed by atoms with E-state index in [1.54, 1.807) is 6.92 Å².